The number of esters is 1. The SMILES string of the molecule is CCOC(=O)c1c(O)c2ccc(C)nc2n(CC2CC2)c1=O. The number of aromatic hydroxyl groups is 1. The van der Waals surface area contributed by atoms with Gasteiger partial charge in [-0.3, -0.25) is 9.36 Å². The number of carbonyl (C=O) groups is 1. The van der Waals surface area contributed by atoms with Crippen LogP contribution in [0.3, 0.4) is 0 Å². The Kier molecular flexibility index (Phi) is 3.60. The summed E-state index contributed by atoms with van der Waals surface area (Å²) in [4.78, 5) is 29.1. The summed E-state index contributed by atoms with van der Waals surface area (Å²) in [6.07, 6.45) is 2.13. The van der Waals surface area contributed by atoms with Crippen molar-refractivity contribution in [2.75, 3.05) is 6.61 Å². The van der Waals surface area contributed by atoms with E-state index in [4.69, 9.17) is 4.74 Å². The highest BCUT2D eigenvalue weighted by atomic mass is 16.5. The van der Waals surface area contributed by atoms with Crippen LogP contribution in [0.25, 0.3) is 11.0 Å². The third kappa shape index (κ3) is 2.45. The second-order valence-corrected chi connectivity index (χ2v) is 5.63. The average Bonchev–Trinajstić information content (AvgIpc) is 3.27. The number of fused-ring (bicyclic) bond motifs is 1. The highest BCUT2D eigenvalue weighted by Gasteiger charge is 2.28. The zero-order valence-electron chi connectivity index (χ0n) is 12.6. The lowest BCUT2D eigenvalue weighted by Crippen LogP contribution is -2.29. The fourth-order valence-electron chi connectivity index (χ4n) is 2.52. The number of hydrogen-bond acceptors (Lipinski definition) is 5. The van der Waals surface area contributed by atoms with Crippen molar-refractivity contribution in [1.82, 2.24) is 9.55 Å². The van der Waals surface area contributed by atoms with Crippen LogP contribution in [-0.2, 0) is 11.3 Å². The molecule has 3 rings (SSSR count). The zero-order chi connectivity index (χ0) is 15.9. The van der Waals surface area contributed by atoms with Crippen molar-refractivity contribution in [1.29, 1.82) is 0 Å². The number of aryl methyl sites for hydroxylation is 1. The highest BCUT2D eigenvalue weighted by molar-refractivity contribution is 5.98. The molecule has 2 aromatic rings. The van der Waals surface area contributed by atoms with Gasteiger partial charge >= 0.3 is 5.97 Å². The molecule has 0 spiro atoms. The normalized spacial score (nSPS) is 14.3. The van der Waals surface area contributed by atoms with E-state index >= 15 is 0 Å². The number of carbonyl (C=O) groups excluding carboxylic acids is 1. The van der Waals surface area contributed by atoms with E-state index in [1.54, 1.807) is 19.1 Å². The first-order valence-corrected chi connectivity index (χ1v) is 7.43. The number of hydrogen-bond donors (Lipinski definition) is 1. The highest BCUT2D eigenvalue weighted by Crippen LogP contribution is 2.32. The first-order chi connectivity index (χ1) is 10.5. The van der Waals surface area contributed by atoms with Gasteiger partial charge in [0.05, 0.1) is 12.0 Å². The molecule has 1 aliphatic rings. The van der Waals surface area contributed by atoms with E-state index in [0.29, 0.717) is 23.5 Å². The molecule has 1 saturated carbocycles. The third-order valence-electron chi connectivity index (χ3n) is 3.84. The maximum absolute atomic E-state index is 12.7. The van der Waals surface area contributed by atoms with Gasteiger partial charge in [0.1, 0.15) is 11.4 Å². The summed E-state index contributed by atoms with van der Waals surface area (Å²) in [5, 5.41) is 10.7. The number of nitrogens with zero attached hydrogens (tertiary/aromatic N) is 2. The predicted octanol–water partition coefficient (Wildman–Crippen LogP) is 2.00. The van der Waals surface area contributed by atoms with Gasteiger partial charge in [0.15, 0.2) is 5.56 Å². The molecular weight excluding hydrogens is 284 g/mol. The van der Waals surface area contributed by atoms with E-state index in [9.17, 15) is 14.7 Å². The molecule has 0 bridgehead atoms. The van der Waals surface area contributed by atoms with Crippen LogP contribution in [-0.4, -0.2) is 27.2 Å². The second-order valence-electron chi connectivity index (χ2n) is 5.63. The molecule has 0 radical (unpaired) electrons. The Morgan fingerprint density at radius 2 is 2.18 bits per heavy atom. The van der Waals surface area contributed by atoms with Gasteiger partial charge < -0.3 is 9.84 Å². The molecule has 2 heterocycles. The first-order valence-electron chi connectivity index (χ1n) is 7.43. The lowest BCUT2D eigenvalue weighted by molar-refractivity contribution is 0.0520. The fraction of sp³-hybridized carbons (Fsp3) is 0.438. The largest absolute Gasteiger partial charge is 0.506 e. The number of pyridine rings is 2. The molecule has 1 N–H and O–H groups in total. The minimum absolute atomic E-state index is 0.143. The average molecular weight is 302 g/mol. The van der Waals surface area contributed by atoms with E-state index in [0.717, 1.165) is 18.5 Å². The molecule has 6 heteroatoms. The van der Waals surface area contributed by atoms with Gasteiger partial charge in [-0.25, -0.2) is 9.78 Å². The van der Waals surface area contributed by atoms with Crippen molar-refractivity contribution in [3.05, 3.63) is 33.7 Å². The van der Waals surface area contributed by atoms with E-state index in [1.807, 2.05) is 6.92 Å². The van der Waals surface area contributed by atoms with Gasteiger partial charge in [-0.15, -0.1) is 0 Å². The maximum atomic E-state index is 12.7. The van der Waals surface area contributed by atoms with Crippen molar-refractivity contribution in [2.24, 2.45) is 5.92 Å². The van der Waals surface area contributed by atoms with Crippen molar-refractivity contribution in [3.63, 3.8) is 0 Å². The van der Waals surface area contributed by atoms with Crippen molar-refractivity contribution >= 4 is 17.0 Å². The summed E-state index contributed by atoms with van der Waals surface area (Å²) in [6.45, 7) is 4.13. The number of aromatic nitrogens is 2. The zero-order valence-corrected chi connectivity index (χ0v) is 12.6. The topological polar surface area (TPSA) is 81.4 Å². The van der Waals surface area contributed by atoms with Gasteiger partial charge in [0, 0.05) is 12.2 Å². The first kappa shape index (κ1) is 14.6. The molecule has 0 aromatic carbocycles. The van der Waals surface area contributed by atoms with Gasteiger partial charge in [-0.2, -0.15) is 0 Å². The molecular formula is C16H18N2O4. The molecule has 1 fully saturated rings. The molecule has 0 saturated heterocycles. The number of rotatable bonds is 4. The minimum atomic E-state index is -0.794. The molecule has 2 aromatic heterocycles. The van der Waals surface area contributed by atoms with Crippen LogP contribution >= 0.6 is 0 Å². The van der Waals surface area contributed by atoms with Crippen LogP contribution in [0.1, 0.15) is 35.8 Å². The van der Waals surface area contributed by atoms with Crippen LogP contribution in [0.5, 0.6) is 5.75 Å². The molecule has 116 valence electrons. The summed E-state index contributed by atoms with van der Waals surface area (Å²) in [7, 11) is 0. The van der Waals surface area contributed by atoms with Crippen LogP contribution in [0.2, 0.25) is 0 Å². The van der Waals surface area contributed by atoms with Crippen molar-refractivity contribution < 1.29 is 14.6 Å². The Hall–Kier alpha value is -2.37. The van der Waals surface area contributed by atoms with E-state index < -0.39 is 11.5 Å². The maximum Gasteiger partial charge on any atom is 0.347 e. The van der Waals surface area contributed by atoms with Crippen molar-refractivity contribution in [3.8, 4) is 5.75 Å². The summed E-state index contributed by atoms with van der Waals surface area (Å²) in [5.41, 5.74) is 0.330. The summed E-state index contributed by atoms with van der Waals surface area (Å²) >= 11 is 0. The summed E-state index contributed by atoms with van der Waals surface area (Å²) in [5.74, 6) is -0.710. The fourth-order valence-corrected chi connectivity index (χ4v) is 2.52. The molecule has 0 atom stereocenters. The minimum Gasteiger partial charge on any atom is -0.506 e. The Balaban J connectivity index is 2.29. The van der Waals surface area contributed by atoms with E-state index in [1.165, 1.54) is 4.57 Å². The second kappa shape index (κ2) is 5.44. The Morgan fingerprint density at radius 1 is 1.45 bits per heavy atom. The lowest BCUT2D eigenvalue weighted by Gasteiger charge is -2.13. The smallest absolute Gasteiger partial charge is 0.347 e. The van der Waals surface area contributed by atoms with Crippen LogP contribution < -0.4 is 5.56 Å². The van der Waals surface area contributed by atoms with Crippen molar-refractivity contribution in [2.45, 2.75) is 33.2 Å². The quantitative estimate of drug-likeness (QED) is 0.874. The molecule has 1 aliphatic carbocycles. The van der Waals surface area contributed by atoms with Crippen LogP contribution in [0.15, 0.2) is 16.9 Å². The predicted molar refractivity (Wildman–Crippen MR) is 81.1 cm³/mol. The van der Waals surface area contributed by atoms with Gasteiger partial charge in [-0.1, -0.05) is 0 Å². The van der Waals surface area contributed by atoms with E-state index in [2.05, 4.69) is 4.98 Å². The van der Waals surface area contributed by atoms with E-state index in [-0.39, 0.29) is 17.9 Å². The molecule has 0 unspecified atom stereocenters. The molecule has 6 nitrogen and oxygen atoms in total. The Morgan fingerprint density at radius 3 is 2.82 bits per heavy atom. The van der Waals surface area contributed by atoms with Gasteiger partial charge in [0.2, 0.25) is 0 Å². The summed E-state index contributed by atoms with van der Waals surface area (Å²) in [6, 6.07) is 3.42. The van der Waals surface area contributed by atoms with Gasteiger partial charge in [-0.05, 0) is 44.7 Å². The standard InChI is InChI=1S/C16H18N2O4/c1-3-22-16(21)12-13(19)11-7-4-9(2)17-14(11)18(15(12)20)8-10-5-6-10/h4,7,10,19H,3,5-6,8H2,1-2H3. The van der Waals surface area contributed by atoms with Crippen LogP contribution in [0, 0.1) is 12.8 Å². The van der Waals surface area contributed by atoms with Gasteiger partial charge in [0.25, 0.3) is 5.56 Å². The Bertz CT molecular complexity index is 806. The molecule has 22 heavy (non-hydrogen) atoms. The third-order valence-corrected chi connectivity index (χ3v) is 3.84. The lowest BCUT2D eigenvalue weighted by atomic mass is 10.1. The Labute approximate surface area is 127 Å². The molecule has 0 amide bonds. The van der Waals surface area contributed by atoms with Crippen LogP contribution in [0.4, 0.5) is 0 Å². The monoisotopic (exact) mass is 302 g/mol. The molecule has 0 aliphatic heterocycles. The summed E-state index contributed by atoms with van der Waals surface area (Å²) < 4.78 is 6.40. The number of ether oxygens (including phenoxy) is 1.